The third-order valence-electron chi connectivity index (χ3n) is 2.66. The smallest absolute Gasteiger partial charge is 0.335 e. The molecular formula is C12H10BrN3O4S. The molecule has 2 aromatic rings. The lowest BCUT2D eigenvalue weighted by molar-refractivity contribution is 0.0696. The Bertz CT molecular complexity index is 791. The summed E-state index contributed by atoms with van der Waals surface area (Å²) in [6.07, 6.45) is 2.59. The van der Waals surface area contributed by atoms with Crippen LogP contribution in [0.3, 0.4) is 0 Å². The average molecular weight is 372 g/mol. The monoisotopic (exact) mass is 371 g/mol. The first kappa shape index (κ1) is 15.4. The summed E-state index contributed by atoms with van der Waals surface area (Å²) < 4.78 is 27.3. The van der Waals surface area contributed by atoms with Crippen LogP contribution in [0.4, 0.5) is 5.82 Å². The number of carboxylic acids is 1. The summed E-state index contributed by atoms with van der Waals surface area (Å²) in [5.74, 6) is -1.15. The number of nitrogens with zero attached hydrogens (tertiary/aromatic N) is 2. The first-order valence-electron chi connectivity index (χ1n) is 5.64. The molecule has 0 radical (unpaired) electrons. The topological polar surface area (TPSA) is 109 Å². The number of carbonyl (C=O) groups is 1. The minimum Gasteiger partial charge on any atom is -0.478 e. The molecule has 0 aliphatic rings. The van der Waals surface area contributed by atoms with E-state index < -0.39 is 16.0 Å². The fourth-order valence-corrected chi connectivity index (χ4v) is 3.16. The zero-order chi connectivity index (χ0) is 15.6. The number of aromatic carboxylic acids is 1. The largest absolute Gasteiger partial charge is 0.478 e. The fraction of sp³-hybridized carbons (Fsp3) is 0.0833. The molecule has 0 aliphatic heterocycles. The van der Waals surface area contributed by atoms with Crippen LogP contribution in [0.1, 0.15) is 15.9 Å². The van der Waals surface area contributed by atoms with Crippen molar-refractivity contribution in [3.05, 3.63) is 46.3 Å². The first-order chi connectivity index (χ1) is 9.81. The molecule has 2 N–H and O–H groups in total. The summed E-state index contributed by atoms with van der Waals surface area (Å²) in [5, 5.41) is 9.03. The fourth-order valence-electron chi connectivity index (χ4n) is 1.69. The predicted octanol–water partition coefficient (Wildman–Crippen LogP) is 2.05. The number of hydrogen-bond acceptors (Lipinski definition) is 5. The Balaban J connectivity index is 2.42. The van der Waals surface area contributed by atoms with Crippen molar-refractivity contribution in [2.75, 3.05) is 4.72 Å². The lowest BCUT2D eigenvalue weighted by Crippen LogP contribution is -2.16. The molecule has 0 spiro atoms. The zero-order valence-corrected chi connectivity index (χ0v) is 13.1. The van der Waals surface area contributed by atoms with E-state index >= 15 is 0 Å². The molecule has 0 aliphatic carbocycles. The van der Waals surface area contributed by atoms with Crippen LogP contribution in [-0.4, -0.2) is 29.5 Å². The number of anilines is 1. The number of carboxylic acid groups (broad SMARTS) is 1. The Labute approximate surface area is 129 Å². The molecule has 1 aromatic carbocycles. The molecule has 0 atom stereocenters. The Morgan fingerprint density at radius 2 is 2.00 bits per heavy atom. The van der Waals surface area contributed by atoms with Crippen molar-refractivity contribution in [3.8, 4) is 0 Å². The second-order valence-corrected chi connectivity index (χ2v) is 6.53. The maximum atomic E-state index is 12.3. The maximum Gasteiger partial charge on any atom is 0.335 e. The molecular weight excluding hydrogens is 362 g/mol. The van der Waals surface area contributed by atoms with E-state index in [0.29, 0.717) is 4.60 Å². The van der Waals surface area contributed by atoms with Crippen molar-refractivity contribution in [1.29, 1.82) is 0 Å². The SMILES string of the molecule is Cc1c(C(=O)O)cccc1S(=O)(=O)Nc1cnc(Br)cn1. The van der Waals surface area contributed by atoms with E-state index in [1.54, 1.807) is 0 Å². The summed E-state index contributed by atoms with van der Waals surface area (Å²) in [5.41, 5.74) is 0.0855. The van der Waals surface area contributed by atoms with Gasteiger partial charge in [0, 0.05) is 0 Å². The highest BCUT2D eigenvalue weighted by atomic mass is 79.9. The predicted molar refractivity (Wildman–Crippen MR) is 78.7 cm³/mol. The molecule has 0 saturated heterocycles. The van der Waals surface area contributed by atoms with E-state index in [1.165, 1.54) is 37.5 Å². The molecule has 7 nitrogen and oxygen atoms in total. The lowest BCUT2D eigenvalue weighted by Gasteiger charge is -2.11. The van der Waals surface area contributed by atoms with Crippen LogP contribution >= 0.6 is 15.9 Å². The van der Waals surface area contributed by atoms with E-state index in [1.807, 2.05) is 0 Å². The summed E-state index contributed by atoms with van der Waals surface area (Å²) in [7, 11) is -3.94. The van der Waals surface area contributed by atoms with Gasteiger partial charge in [-0.25, -0.2) is 23.2 Å². The van der Waals surface area contributed by atoms with Gasteiger partial charge in [-0.3, -0.25) is 4.72 Å². The third kappa shape index (κ3) is 3.37. The quantitative estimate of drug-likeness (QED) is 0.850. The number of rotatable bonds is 4. The minimum atomic E-state index is -3.94. The highest BCUT2D eigenvalue weighted by Crippen LogP contribution is 2.21. The van der Waals surface area contributed by atoms with Gasteiger partial charge in [0.05, 0.1) is 22.9 Å². The van der Waals surface area contributed by atoms with E-state index in [9.17, 15) is 13.2 Å². The number of benzene rings is 1. The van der Waals surface area contributed by atoms with Gasteiger partial charge in [-0.05, 0) is 40.5 Å². The number of hydrogen-bond donors (Lipinski definition) is 2. The number of nitrogens with one attached hydrogen (secondary N) is 1. The van der Waals surface area contributed by atoms with Crippen molar-refractivity contribution >= 4 is 37.7 Å². The summed E-state index contributed by atoms with van der Waals surface area (Å²) >= 11 is 3.09. The van der Waals surface area contributed by atoms with Gasteiger partial charge in [0.2, 0.25) is 0 Å². The molecule has 9 heteroatoms. The van der Waals surface area contributed by atoms with Gasteiger partial charge in [0.15, 0.2) is 5.82 Å². The molecule has 2 rings (SSSR count). The van der Waals surface area contributed by atoms with Crippen molar-refractivity contribution in [2.45, 2.75) is 11.8 Å². The van der Waals surface area contributed by atoms with Crippen LogP contribution in [-0.2, 0) is 10.0 Å². The summed E-state index contributed by atoms with van der Waals surface area (Å²) in [6, 6.07) is 4.05. The number of aromatic nitrogens is 2. The van der Waals surface area contributed by atoms with Crippen molar-refractivity contribution in [2.24, 2.45) is 0 Å². The van der Waals surface area contributed by atoms with Crippen LogP contribution in [0, 0.1) is 6.92 Å². The minimum absolute atomic E-state index is 0.0401. The average Bonchev–Trinajstić information content (AvgIpc) is 2.41. The molecule has 1 aromatic heterocycles. The van der Waals surface area contributed by atoms with Crippen LogP contribution in [0.2, 0.25) is 0 Å². The highest BCUT2D eigenvalue weighted by molar-refractivity contribution is 9.10. The molecule has 0 amide bonds. The maximum absolute atomic E-state index is 12.3. The van der Waals surface area contributed by atoms with E-state index in [0.717, 1.165) is 0 Å². The van der Waals surface area contributed by atoms with Gasteiger partial charge in [0.25, 0.3) is 10.0 Å². The third-order valence-corrected chi connectivity index (χ3v) is 4.57. The van der Waals surface area contributed by atoms with Gasteiger partial charge in [0.1, 0.15) is 4.60 Å². The lowest BCUT2D eigenvalue weighted by atomic mass is 10.1. The second kappa shape index (κ2) is 5.78. The van der Waals surface area contributed by atoms with Gasteiger partial charge >= 0.3 is 5.97 Å². The Morgan fingerprint density at radius 3 is 2.57 bits per heavy atom. The first-order valence-corrected chi connectivity index (χ1v) is 7.92. The van der Waals surface area contributed by atoms with Gasteiger partial charge < -0.3 is 5.11 Å². The summed E-state index contributed by atoms with van der Waals surface area (Å²) in [6.45, 7) is 1.44. The van der Waals surface area contributed by atoms with Crippen molar-refractivity contribution in [1.82, 2.24) is 9.97 Å². The Hall–Kier alpha value is -2.00. The Morgan fingerprint density at radius 1 is 1.29 bits per heavy atom. The van der Waals surface area contributed by atoms with E-state index in [-0.39, 0.29) is 21.8 Å². The van der Waals surface area contributed by atoms with Gasteiger partial charge in [-0.2, -0.15) is 0 Å². The van der Waals surface area contributed by atoms with Crippen LogP contribution in [0.25, 0.3) is 0 Å². The van der Waals surface area contributed by atoms with Crippen LogP contribution in [0.5, 0.6) is 0 Å². The van der Waals surface area contributed by atoms with E-state index in [4.69, 9.17) is 5.11 Å². The van der Waals surface area contributed by atoms with Crippen LogP contribution in [0.15, 0.2) is 40.1 Å². The molecule has 1 heterocycles. The molecule has 0 fully saturated rings. The zero-order valence-electron chi connectivity index (χ0n) is 10.7. The standard InChI is InChI=1S/C12H10BrN3O4S/c1-7-8(12(17)18)3-2-4-9(7)21(19,20)16-11-6-14-10(13)5-15-11/h2-6H,1H3,(H,15,16)(H,17,18). The number of halogens is 1. The van der Waals surface area contributed by atoms with E-state index in [2.05, 4.69) is 30.6 Å². The molecule has 110 valence electrons. The normalized spacial score (nSPS) is 11.1. The summed E-state index contributed by atoms with van der Waals surface area (Å²) in [4.78, 5) is 18.7. The van der Waals surface area contributed by atoms with Gasteiger partial charge in [-0.15, -0.1) is 0 Å². The Kier molecular flexibility index (Phi) is 4.24. The van der Waals surface area contributed by atoms with Crippen LogP contribution < -0.4 is 4.72 Å². The molecule has 0 bridgehead atoms. The molecule has 0 saturated carbocycles. The molecule has 21 heavy (non-hydrogen) atoms. The van der Waals surface area contributed by atoms with Crippen molar-refractivity contribution in [3.63, 3.8) is 0 Å². The molecule has 0 unspecified atom stereocenters. The van der Waals surface area contributed by atoms with Crippen molar-refractivity contribution < 1.29 is 18.3 Å². The van der Waals surface area contributed by atoms with Gasteiger partial charge in [-0.1, -0.05) is 6.07 Å². The number of sulfonamides is 1. The second-order valence-electron chi connectivity index (χ2n) is 4.06. The highest BCUT2D eigenvalue weighted by Gasteiger charge is 2.21.